The van der Waals surface area contributed by atoms with Crippen molar-refractivity contribution in [1.29, 1.82) is 0 Å². The second-order valence-electron chi connectivity index (χ2n) is 6.70. The Kier molecular flexibility index (Phi) is 2.42. The minimum absolute atomic E-state index is 0.191. The van der Waals surface area contributed by atoms with Gasteiger partial charge in [0.25, 0.3) is 0 Å². The molecule has 0 saturated carbocycles. The number of fused-ring (bicyclic) bond motifs is 5. The molecule has 0 N–H and O–H groups in total. The lowest BCUT2D eigenvalue weighted by atomic mass is 9.88. The van der Waals surface area contributed by atoms with Crippen molar-refractivity contribution in [3.63, 3.8) is 0 Å². The van der Waals surface area contributed by atoms with E-state index in [2.05, 4.69) is 5.10 Å². The fourth-order valence-electron chi connectivity index (χ4n) is 4.28. The third-order valence-electron chi connectivity index (χ3n) is 5.31. The van der Waals surface area contributed by atoms with Crippen LogP contribution < -0.4 is 0 Å². The largest absolute Gasteiger partial charge is 0.294 e. The Bertz CT molecular complexity index is 1350. The lowest BCUT2D eigenvalue weighted by Crippen LogP contribution is -2.14. The van der Waals surface area contributed by atoms with Gasteiger partial charge in [-0.05, 0) is 37.1 Å². The number of Topliss-reactive ketones (excluding diaryl/α,β-unsaturated/α-hetero) is 1. The predicted octanol–water partition coefficient (Wildman–Crippen LogP) is 4.80. The molecule has 3 heterocycles. The smallest absolute Gasteiger partial charge is 0.165 e. The van der Waals surface area contributed by atoms with Gasteiger partial charge in [0.15, 0.2) is 5.78 Å². The normalized spacial score (nSPS) is 15.0. The summed E-state index contributed by atoms with van der Waals surface area (Å²) in [6.45, 7) is 0. The Morgan fingerprint density at radius 2 is 2.00 bits per heavy atom. The van der Waals surface area contributed by atoms with E-state index >= 15 is 0 Å². The van der Waals surface area contributed by atoms with Crippen LogP contribution in [-0.2, 0) is 6.42 Å². The fourth-order valence-corrected chi connectivity index (χ4v) is 4.45. The zero-order valence-electron chi connectivity index (χ0n) is 13.2. The summed E-state index contributed by atoms with van der Waals surface area (Å²) in [5, 5.41) is 9.32. The Hall–Kier alpha value is -2.72. The van der Waals surface area contributed by atoms with Crippen molar-refractivity contribution in [1.82, 2.24) is 14.6 Å². The first-order valence-electron chi connectivity index (χ1n) is 8.39. The average molecular weight is 346 g/mol. The molecular formula is C20H12ClN3O. The van der Waals surface area contributed by atoms with Gasteiger partial charge in [-0.15, -0.1) is 0 Å². The first-order valence-corrected chi connectivity index (χ1v) is 8.77. The van der Waals surface area contributed by atoms with Crippen LogP contribution in [0.1, 0.15) is 28.9 Å². The molecule has 2 aromatic carbocycles. The Morgan fingerprint density at radius 3 is 2.92 bits per heavy atom. The van der Waals surface area contributed by atoms with Crippen LogP contribution in [-0.4, -0.2) is 20.4 Å². The topological polar surface area (TPSA) is 47.3 Å². The zero-order valence-corrected chi connectivity index (χ0v) is 14.0. The Labute approximate surface area is 147 Å². The maximum Gasteiger partial charge on any atom is 0.165 e. The number of aryl methyl sites for hydroxylation is 1. The maximum atomic E-state index is 12.8. The Morgan fingerprint density at radius 1 is 1.08 bits per heavy atom. The number of hydrogen-bond acceptors (Lipinski definition) is 3. The molecule has 0 radical (unpaired) electrons. The summed E-state index contributed by atoms with van der Waals surface area (Å²) in [7, 11) is 0. The number of rotatable bonds is 0. The van der Waals surface area contributed by atoms with E-state index in [1.165, 1.54) is 0 Å². The minimum Gasteiger partial charge on any atom is -0.294 e. The summed E-state index contributed by atoms with van der Waals surface area (Å²) in [6, 6.07) is 9.88. The van der Waals surface area contributed by atoms with E-state index < -0.39 is 0 Å². The van der Waals surface area contributed by atoms with Crippen LogP contribution in [0.2, 0.25) is 5.02 Å². The number of ketones is 1. The molecule has 3 aromatic heterocycles. The molecule has 5 heteroatoms. The van der Waals surface area contributed by atoms with Crippen molar-refractivity contribution in [3.05, 3.63) is 52.8 Å². The monoisotopic (exact) mass is 345 g/mol. The summed E-state index contributed by atoms with van der Waals surface area (Å²) in [5.41, 5.74) is 4.58. The second-order valence-corrected chi connectivity index (χ2v) is 7.14. The van der Waals surface area contributed by atoms with Gasteiger partial charge in [-0.1, -0.05) is 17.7 Å². The molecule has 25 heavy (non-hydrogen) atoms. The van der Waals surface area contributed by atoms with Crippen LogP contribution in [0.4, 0.5) is 0 Å². The van der Waals surface area contributed by atoms with Crippen molar-refractivity contribution < 1.29 is 4.79 Å². The van der Waals surface area contributed by atoms with Crippen molar-refractivity contribution in [3.8, 4) is 0 Å². The molecule has 120 valence electrons. The number of halogens is 1. The predicted molar refractivity (Wildman–Crippen MR) is 99.0 cm³/mol. The number of nitrogens with zero attached hydrogens (tertiary/aromatic N) is 3. The molecule has 0 spiro atoms. The first-order chi connectivity index (χ1) is 12.2. The summed E-state index contributed by atoms with van der Waals surface area (Å²) < 4.78 is 1.92. The van der Waals surface area contributed by atoms with Gasteiger partial charge in [-0.2, -0.15) is 5.10 Å². The van der Waals surface area contributed by atoms with Gasteiger partial charge >= 0.3 is 0 Å². The molecule has 0 bridgehead atoms. The summed E-state index contributed by atoms with van der Waals surface area (Å²) in [4.78, 5) is 17.6. The van der Waals surface area contributed by atoms with Gasteiger partial charge in [-0.3, -0.25) is 9.78 Å². The van der Waals surface area contributed by atoms with Crippen molar-refractivity contribution in [2.24, 2.45) is 0 Å². The van der Waals surface area contributed by atoms with E-state index in [1.54, 1.807) is 0 Å². The lowest BCUT2D eigenvalue weighted by molar-refractivity contribution is 0.0973. The molecule has 0 fully saturated rings. The van der Waals surface area contributed by atoms with Crippen LogP contribution in [0.5, 0.6) is 0 Å². The van der Waals surface area contributed by atoms with Gasteiger partial charge < -0.3 is 0 Å². The Balaban J connectivity index is 2.04. The van der Waals surface area contributed by atoms with E-state index in [4.69, 9.17) is 16.6 Å². The van der Waals surface area contributed by atoms with Gasteiger partial charge in [-0.25, -0.2) is 4.52 Å². The molecule has 1 aliphatic carbocycles. The molecule has 4 nitrogen and oxygen atoms in total. The highest BCUT2D eigenvalue weighted by Crippen LogP contribution is 2.40. The molecule has 1 aliphatic rings. The first kappa shape index (κ1) is 13.6. The summed E-state index contributed by atoms with van der Waals surface area (Å²) >= 11 is 6.26. The lowest BCUT2D eigenvalue weighted by Gasteiger charge is -2.20. The highest BCUT2D eigenvalue weighted by atomic mass is 35.5. The highest BCUT2D eigenvalue weighted by Gasteiger charge is 2.26. The number of hydrogen-bond donors (Lipinski definition) is 0. The van der Waals surface area contributed by atoms with Crippen molar-refractivity contribution >= 4 is 55.5 Å². The third-order valence-corrected chi connectivity index (χ3v) is 5.54. The number of benzene rings is 2. The van der Waals surface area contributed by atoms with Gasteiger partial charge in [0.05, 0.1) is 28.4 Å². The van der Waals surface area contributed by atoms with Crippen LogP contribution in [0.25, 0.3) is 38.1 Å². The zero-order chi connectivity index (χ0) is 16.7. The van der Waals surface area contributed by atoms with Crippen LogP contribution in [0, 0.1) is 0 Å². The van der Waals surface area contributed by atoms with Crippen LogP contribution in [0.15, 0.2) is 36.5 Å². The number of carbonyl (C=O) groups excluding carboxylic acids is 1. The van der Waals surface area contributed by atoms with Gasteiger partial charge in [0.2, 0.25) is 0 Å². The maximum absolute atomic E-state index is 12.8. The molecule has 5 aromatic rings. The SMILES string of the molecule is O=C1CCCc2nc3ccc4cnn5c6cc(Cl)ccc6c(c21)c3c45. The van der Waals surface area contributed by atoms with Crippen molar-refractivity contribution in [2.75, 3.05) is 0 Å². The van der Waals surface area contributed by atoms with Gasteiger partial charge in [0.1, 0.15) is 0 Å². The molecule has 0 aliphatic heterocycles. The van der Waals surface area contributed by atoms with E-state index in [0.29, 0.717) is 11.4 Å². The molecule has 0 atom stereocenters. The van der Waals surface area contributed by atoms with E-state index in [1.807, 2.05) is 41.0 Å². The number of carbonyl (C=O) groups is 1. The van der Waals surface area contributed by atoms with E-state index in [9.17, 15) is 4.79 Å². The van der Waals surface area contributed by atoms with E-state index in [0.717, 1.165) is 62.2 Å². The second kappa shape index (κ2) is 4.46. The average Bonchev–Trinajstić information content (AvgIpc) is 3.05. The number of aromatic nitrogens is 3. The summed E-state index contributed by atoms with van der Waals surface area (Å²) in [6.07, 6.45) is 4.17. The molecular weight excluding hydrogens is 334 g/mol. The van der Waals surface area contributed by atoms with Crippen LogP contribution in [0.3, 0.4) is 0 Å². The number of pyridine rings is 2. The highest BCUT2D eigenvalue weighted by molar-refractivity contribution is 6.33. The summed E-state index contributed by atoms with van der Waals surface area (Å²) in [5.74, 6) is 0.191. The third kappa shape index (κ3) is 1.60. The molecule has 0 saturated heterocycles. The van der Waals surface area contributed by atoms with Gasteiger partial charge in [0, 0.05) is 38.6 Å². The van der Waals surface area contributed by atoms with Crippen molar-refractivity contribution in [2.45, 2.75) is 19.3 Å². The molecule has 0 amide bonds. The molecule has 6 rings (SSSR count). The quantitative estimate of drug-likeness (QED) is 0.299. The van der Waals surface area contributed by atoms with Crippen LogP contribution >= 0.6 is 11.6 Å². The molecule has 0 unspecified atom stereocenters. The standard InChI is InChI=1S/C20H12ClN3O/c21-11-5-6-12-15(8-11)24-20-10(9-22-24)4-7-14-19(20)17(12)18-13(23-14)2-1-3-16(18)25/h4-9H,1-3H2. The fraction of sp³-hybridized carbons (Fsp3) is 0.150. The minimum atomic E-state index is 0.191. The van der Waals surface area contributed by atoms with E-state index in [-0.39, 0.29) is 5.78 Å².